The molecule has 2 aliphatic rings. The standard InChI is InChI=1S/C23H37N5O2.HI/c1-5-27-12-8-10-19(27)15-24-23(25-16-22(29)26(3)4)28-13-14-30-21(17-28)20-11-7-6-9-18(20)2;/h6-7,9,11,19,21H,5,8,10,12-17H2,1-4H3,(H,24,25);1H. The number of carbonyl (C=O) groups is 1. The highest BCUT2D eigenvalue weighted by Gasteiger charge is 2.27. The zero-order valence-corrected chi connectivity index (χ0v) is 21.7. The number of nitrogens with zero attached hydrogens (tertiary/aromatic N) is 4. The number of aliphatic imine (C=N–C) groups is 1. The van der Waals surface area contributed by atoms with E-state index in [9.17, 15) is 4.79 Å². The number of hydrogen-bond acceptors (Lipinski definition) is 4. The maximum Gasteiger partial charge on any atom is 0.243 e. The first kappa shape index (κ1) is 25.9. The number of morpholine rings is 1. The van der Waals surface area contributed by atoms with Gasteiger partial charge < -0.3 is 19.9 Å². The van der Waals surface area contributed by atoms with Crippen molar-refractivity contribution in [2.45, 2.75) is 38.8 Å². The van der Waals surface area contributed by atoms with Crippen molar-refractivity contribution in [3.63, 3.8) is 0 Å². The van der Waals surface area contributed by atoms with Gasteiger partial charge in [-0.2, -0.15) is 0 Å². The number of amides is 1. The second-order valence-electron chi connectivity index (χ2n) is 8.40. The predicted octanol–water partition coefficient (Wildman–Crippen LogP) is 2.50. The third-order valence-electron chi connectivity index (χ3n) is 6.17. The monoisotopic (exact) mass is 543 g/mol. The second kappa shape index (κ2) is 12.6. The van der Waals surface area contributed by atoms with Crippen LogP contribution in [0.3, 0.4) is 0 Å². The Kier molecular flexibility index (Phi) is 10.5. The van der Waals surface area contributed by atoms with Gasteiger partial charge in [0.15, 0.2) is 5.96 Å². The van der Waals surface area contributed by atoms with E-state index in [2.05, 4.69) is 53.2 Å². The molecular weight excluding hydrogens is 505 g/mol. The predicted molar refractivity (Wildman–Crippen MR) is 136 cm³/mol. The third-order valence-corrected chi connectivity index (χ3v) is 6.17. The van der Waals surface area contributed by atoms with E-state index in [-0.39, 0.29) is 42.5 Å². The summed E-state index contributed by atoms with van der Waals surface area (Å²) in [6.45, 7) is 9.75. The molecule has 1 aromatic carbocycles. The molecule has 2 aliphatic heterocycles. The van der Waals surface area contributed by atoms with Crippen molar-refractivity contribution in [3.8, 4) is 0 Å². The number of ether oxygens (including phenoxy) is 1. The molecule has 2 unspecified atom stereocenters. The molecule has 8 heteroatoms. The number of aryl methyl sites for hydroxylation is 1. The highest BCUT2D eigenvalue weighted by Crippen LogP contribution is 2.25. The highest BCUT2D eigenvalue weighted by molar-refractivity contribution is 14.0. The quantitative estimate of drug-likeness (QED) is 0.340. The van der Waals surface area contributed by atoms with E-state index >= 15 is 0 Å². The van der Waals surface area contributed by atoms with Crippen LogP contribution in [0.5, 0.6) is 0 Å². The van der Waals surface area contributed by atoms with Crippen LogP contribution in [0.25, 0.3) is 0 Å². The van der Waals surface area contributed by atoms with Crippen molar-refractivity contribution in [1.29, 1.82) is 0 Å². The Morgan fingerprint density at radius 3 is 2.77 bits per heavy atom. The molecule has 0 spiro atoms. The van der Waals surface area contributed by atoms with E-state index < -0.39 is 0 Å². The van der Waals surface area contributed by atoms with Crippen molar-refractivity contribution in [2.75, 3.05) is 60.0 Å². The lowest BCUT2D eigenvalue weighted by molar-refractivity contribution is -0.127. The Bertz CT molecular complexity index is 742. The first-order chi connectivity index (χ1) is 14.5. The van der Waals surface area contributed by atoms with E-state index in [1.54, 1.807) is 19.0 Å². The summed E-state index contributed by atoms with van der Waals surface area (Å²) in [6, 6.07) is 8.91. The van der Waals surface area contributed by atoms with Crippen molar-refractivity contribution in [3.05, 3.63) is 35.4 Å². The Balaban J connectivity index is 0.00000341. The molecule has 0 radical (unpaired) electrons. The molecular formula is C23H38IN5O2. The molecule has 1 aromatic rings. The van der Waals surface area contributed by atoms with Crippen LogP contribution in [0.1, 0.15) is 37.0 Å². The van der Waals surface area contributed by atoms with E-state index in [1.807, 2.05) is 0 Å². The largest absolute Gasteiger partial charge is 0.370 e. The van der Waals surface area contributed by atoms with Gasteiger partial charge in [-0.05, 0) is 44.0 Å². The van der Waals surface area contributed by atoms with Gasteiger partial charge in [-0.15, -0.1) is 24.0 Å². The summed E-state index contributed by atoms with van der Waals surface area (Å²) < 4.78 is 6.09. The van der Waals surface area contributed by atoms with Gasteiger partial charge in [-0.1, -0.05) is 31.2 Å². The molecule has 2 saturated heterocycles. The zero-order chi connectivity index (χ0) is 21.5. The Morgan fingerprint density at radius 1 is 1.29 bits per heavy atom. The summed E-state index contributed by atoms with van der Waals surface area (Å²) in [4.78, 5) is 23.2. The van der Waals surface area contributed by atoms with Crippen LogP contribution in [-0.4, -0.2) is 92.6 Å². The summed E-state index contributed by atoms with van der Waals surface area (Å²) in [5.41, 5.74) is 2.46. The molecule has 1 N–H and O–H groups in total. The van der Waals surface area contributed by atoms with Gasteiger partial charge in [0.1, 0.15) is 12.6 Å². The zero-order valence-electron chi connectivity index (χ0n) is 19.3. The number of likely N-dealkylation sites (tertiary alicyclic amines) is 1. The van der Waals surface area contributed by atoms with Crippen molar-refractivity contribution >= 4 is 35.8 Å². The molecule has 0 saturated carbocycles. The smallest absolute Gasteiger partial charge is 0.243 e. The average Bonchev–Trinajstić information content (AvgIpc) is 3.21. The minimum atomic E-state index is 0. The normalized spacial score (nSPS) is 22.2. The molecule has 3 rings (SSSR count). The Morgan fingerprint density at radius 2 is 2.06 bits per heavy atom. The average molecular weight is 543 g/mol. The fourth-order valence-corrected chi connectivity index (χ4v) is 4.28. The van der Waals surface area contributed by atoms with E-state index in [0.29, 0.717) is 12.6 Å². The minimum absolute atomic E-state index is 0. The van der Waals surface area contributed by atoms with Crippen LogP contribution in [0.2, 0.25) is 0 Å². The lowest BCUT2D eigenvalue weighted by Crippen LogP contribution is -2.51. The van der Waals surface area contributed by atoms with Gasteiger partial charge >= 0.3 is 0 Å². The molecule has 2 atom stereocenters. The lowest BCUT2D eigenvalue weighted by Gasteiger charge is -2.36. The van der Waals surface area contributed by atoms with E-state index in [0.717, 1.165) is 32.1 Å². The second-order valence-corrected chi connectivity index (χ2v) is 8.40. The minimum Gasteiger partial charge on any atom is -0.370 e. The first-order valence-electron chi connectivity index (χ1n) is 11.1. The highest BCUT2D eigenvalue weighted by atomic mass is 127. The number of likely N-dealkylation sites (N-methyl/N-ethyl adjacent to an activating group) is 2. The molecule has 0 aliphatic carbocycles. The number of rotatable bonds is 6. The molecule has 0 bridgehead atoms. The summed E-state index contributed by atoms with van der Waals surface area (Å²) in [7, 11) is 3.54. The van der Waals surface area contributed by atoms with E-state index in [4.69, 9.17) is 9.73 Å². The van der Waals surface area contributed by atoms with Crippen LogP contribution in [0.4, 0.5) is 0 Å². The topological polar surface area (TPSA) is 60.4 Å². The maximum atomic E-state index is 12.2. The summed E-state index contributed by atoms with van der Waals surface area (Å²) in [5.74, 6) is 0.823. The number of halogens is 1. The fraction of sp³-hybridized carbons (Fsp3) is 0.652. The van der Waals surface area contributed by atoms with Gasteiger partial charge in [0.25, 0.3) is 0 Å². The number of carbonyl (C=O) groups excluding carboxylic acids is 1. The van der Waals surface area contributed by atoms with Crippen LogP contribution in [-0.2, 0) is 9.53 Å². The number of benzene rings is 1. The van der Waals surface area contributed by atoms with Gasteiger partial charge in [0.2, 0.25) is 5.91 Å². The van der Waals surface area contributed by atoms with Crippen molar-refractivity contribution in [2.24, 2.45) is 4.99 Å². The first-order valence-corrected chi connectivity index (χ1v) is 11.1. The summed E-state index contributed by atoms with van der Waals surface area (Å²) in [5, 5.41) is 3.58. The van der Waals surface area contributed by atoms with E-state index in [1.165, 1.54) is 30.5 Å². The summed E-state index contributed by atoms with van der Waals surface area (Å²) >= 11 is 0. The molecule has 7 nitrogen and oxygen atoms in total. The van der Waals surface area contributed by atoms with Gasteiger partial charge in [0, 0.05) is 33.2 Å². The molecule has 2 fully saturated rings. The molecule has 31 heavy (non-hydrogen) atoms. The number of nitrogens with one attached hydrogen (secondary N) is 1. The SMILES string of the molecule is CCN1CCCC1CNC(=NCC(=O)N(C)C)N1CCOC(c2ccccc2C)C1.I. The van der Waals surface area contributed by atoms with Crippen molar-refractivity contribution < 1.29 is 9.53 Å². The van der Waals surface area contributed by atoms with Gasteiger partial charge in [-0.25, -0.2) is 4.99 Å². The van der Waals surface area contributed by atoms with Crippen LogP contribution >= 0.6 is 24.0 Å². The van der Waals surface area contributed by atoms with Crippen LogP contribution in [0, 0.1) is 6.92 Å². The number of guanidine groups is 1. The van der Waals surface area contributed by atoms with Gasteiger partial charge in [0.05, 0.1) is 13.2 Å². The van der Waals surface area contributed by atoms with Crippen LogP contribution in [0.15, 0.2) is 29.3 Å². The number of hydrogen-bond donors (Lipinski definition) is 1. The maximum absolute atomic E-state index is 12.2. The summed E-state index contributed by atoms with van der Waals surface area (Å²) in [6.07, 6.45) is 2.47. The molecule has 1 amide bonds. The Hall–Kier alpha value is -1.39. The van der Waals surface area contributed by atoms with Gasteiger partial charge in [-0.3, -0.25) is 9.69 Å². The lowest BCUT2D eigenvalue weighted by atomic mass is 10.0. The van der Waals surface area contributed by atoms with Crippen molar-refractivity contribution in [1.82, 2.24) is 20.0 Å². The van der Waals surface area contributed by atoms with Crippen LogP contribution < -0.4 is 5.32 Å². The fourth-order valence-electron chi connectivity index (χ4n) is 4.28. The Labute approximate surface area is 204 Å². The molecule has 0 aromatic heterocycles. The molecule has 174 valence electrons. The third kappa shape index (κ3) is 7.05. The molecule has 2 heterocycles.